The minimum absolute atomic E-state index is 0.0302. The number of carbonyl (C=O) groups is 1. The average Bonchev–Trinajstić information content (AvgIpc) is 2.63. The summed E-state index contributed by atoms with van der Waals surface area (Å²) < 4.78 is 0. The predicted molar refractivity (Wildman–Crippen MR) is 71.1 cm³/mol. The lowest BCUT2D eigenvalue weighted by atomic mass is 9.54. The van der Waals surface area contributed by atoms with Crippen LogP contribution in [-0.4, -0.2) is 17.0 Å². The fraction of sp³-hybridized carbons (Fsp3) is 0.688. The van der Waals surface area contributed by atoms with Gasteiger partial charge in [-0.1, -0.05) is 31.1 Å². The van der Waals surface area contributed by atoms with Crippen LogP contribution in [-0.2, 0) is 4.79 Å². The molecule has 0 aromatic heterocycles. The Labute approximate surface area is 109 Å². The van der Waals surface area contributed by atoms with Gasteiger partial charge in [0.15, 0.2) is 5.78 Å². The van der Waals surface area contributed by atoms with Gasteiger partial charge < -0.3 is 5.11 Å². The summed E-state index contributed by atoms with van der Waals surface area (Å²) in [6.07, 6.45) is 6.33. The Kier molecular flexibility index (Phi) is 2.41. The largest absolute Gasteiger partial charge is 0.392 e. The molecule has 3 rings (SSSR count). The molecule has 3 aliphatic carbocycles. The molecule has 0 aromatic carbocycles. The molecule has 1 fully saturated rings. The van der Waals surface area contributed by atoms with E-state index in [1.807, 2.05) is 6.92 Å². The van der Waals surface area contributed by atoms with E-state index in [2.05, 4.69) is 19.9 Å². The normalized spacial score (nSPS) is 43.7. The molecule has 1 saturated carbocycles. The topological polar surface area (TPSA) is 37.3 Å². The molecule has 3 atom stereocenters. The molecule has 0 saturated heterocycles. The van der Waals surface area contributed by atoms with Gasteiger partial charge in [0.1, 0.15) is 0 Å². The van der Waals surface area contributed by atoms with Gasteiger partial charge in [-0.05, 0) is 38.2 Å². The number of hydrogen-bond donors (Lipinski definition) is 1. The van der Waals surface area contributed by atoms with E-state index in [9.17, 15) is 9.90 Å². The van der Waals surface area contributed by atoms with Crippen molar-refractivity contribution in [1.82, 2.24) is 0 Å². The molecule has 0 amide bonds. The van der Waals surface area contributed by atoms with E-state index in [0.29, 0.717) is 12.2 Å². The molecule has 0 radical (unpaired) electrons. The first-order chi connectivity index (χ1) is 8.39. The Balaban J connectivity index is 2.14. The number of fused-ring (bicyclic) bond motifs is 3. The highest BCUT2D eigenvalue weighted by Gasteiger charge is 2.53. The maximum atomic E-state index is 11.9. The average molecular weight is 246 g/mol. The Hall–Kier alpha value is -0.890. The van der Waals surface area contributed by atoms with Crippen molar-refractivity contribution in [3.05, 3.63) is 22.8 Å². The van der Waals surface area contributed by atoms with E-state index in [1.54, 1.807) is 0 Å². The zero-order chi connectivity index (χ0) is 13.1. The minimum atomic E-state index is -0.233. The van der Waals surface area contributed by atoms with Gasteiger partial charge in [0.25, 0.3) is 0 Å². The highest BCUT2D eigenvalue weighted by atomic mass is 16.3. The second kappa shape index (κ2) is 3.57. The van der Waals surface area contributed by atoms with E-state index in [4.69, 9.17) is 0 Å². The number of aliphatic hydroxyl groups is 1. The lowest BCUT2D eigenvalue weighted by Crippen LogP contribution is -2.43. The number of hydrogen-bond acceptors (Lipinski definition) is 2. The van der Waals surface area contributed by atoms with Crippen LogP contribution in [0.5, 0.6) is 0 Å². The minimum Gasteiger partial charge on any atom is -0.392 e. The number of Topliss-reactive ketones (excluding diaryl/α,β-unsaturated/α-hetero) is 1. The highest BCUT2D eigenvalue weighted by molar-refractivity contribution is 5.97. The van der Waals surface area contributed by atoms with Gasteiger partial charge in [0.2, 0.25) is 0 Å². The van der Waals surface area contributed by atoms with E-state index in [-0.39, 0.29) is 16.9 Å². The third kappa shape index (κ3) is 1.30. The summed E-state index contributed by atoms with van der Waals surface area (Å²) in [6.45, 7) is 6.47. The zero-order valence-corrected chi connectivity index (χ0v) is 11.5. The van der Waals surface area contributed by atoms with Crippen LogP contribution in [0, 0.1) is 10.8 Å². The van der Waals surface area contributed by atoms with Crippen molar-refractivity contribution >= 4 is 5.78 Å². The second-order valence-corrected chi connectivity index (χ2v) is 6.65. The monoisotopic (exact) mass is 246 g/mol. The predicted octanol–water partition coefficient (Wildman–Crippen LogP) is 3.16. The first kappa shape index (κ1) is 12.2. The molecule has 0 aromatic rings. The maximum absolute atomic E-state index is 11.9. The molecule has 98 valence electrons. The first-order valence-electron chi connectivity index (χ1n) is 7.02. The van der Waals surface area contributed by atoms with Gasteiger partial charge in [-0.3, -0.25) is 4.79 Å². The van der Waals surface area contributed by atoms with Gasteiger partial charge in [0.05, 0.1) is 6.10 Å². The van der Waals surface area contributed by atoms with Crippen LogP contribution in [0.25, 0.3) is 0 Å². The quantitative estimate of drug-likeness (QED) is 0.667. The molecular weight excluding hydrogens is 224 g/mol. The third-order valence-corrected chi connectivity index (χ3v) is 5.77. The summed E-state index contributed by atoms with van der Waals surface area (Å²) in [5.41, 5.74) is 3.71. The van der Waals surface area contributed by atoms with E-state index in [0.717, 1.165) is 31.3 Å². The van der Waals surface area contributed by atoms with Gasteiger partial charge in [-0.15, -0.1) is 0 Å². The molecule has 1 N–H and O–H groups in total. The van der Waals surface area contributed by atoms with Gasteiger partial charge >= 0.3 is 0 Å². The van der Waals surface area contributed by atoms with Crippen LogP contribution in [0.3, 0.4) is 0 Å². The Morgan fingerprint density at radius 3 is 2.72 bits per heavy atom. The molecule has 18 heavy (non-hydrogen) atoms. The fourth-order valence-electron chi connectivity index (χ4n) is 4.49. The van der Waals surface area contributed by atoms with Crippen LogP contribution in [0.1, 0.15) is 52.9 Å². The molecule has 0 bridgehead atoms. The number of aliphatic hydroxyl groups excluding tert-OH is 1. The molecule has 0 heterocycles. The number of carbonyl (C=O) groups excluding carboxylic acids is 1. The third-order valence-electron chi connectivity index (χ3n) is 5.77. The number of allylic oxidation sites excluding steroid dienone is 2. The van der Waals surface area contributed by atoms with Crippen molar-refractivity contribution in [2.24, 2.45) is 10.8 Å². The Morgan fingerprint density at radius 2 is 2.00 bits per heavy atom. The molecule has 0 aliphatic heterocycles. The van der Waals surface area contributed by atoms with Crippen molar-refractivity contribution in [3.8, 4) is 0 Å². The summed E-state index contributed by atoms with van der Waals surface area (Å²) in [7, 11) is 0. The van der Waals surface area contributed by atoms with Crippen molar-refractivity contribution in [2.45, 2.75) is 59.0 Å². The van der Waals surface area contributed by atoms with Crippen molar-refractivity contribution in [2.75, 3.05) is 0 Å². The van der Waals surface area contributed by atoms with Crippen LogP contribution < -0.4 is 0 Å². The molecule has 2 nitrogen and oxygen atoms in total. The van der Waals surface area contributed by atoms with Crippen LogP contribution in [0.4, 0.5) is 0 Å². The van der Waals surface area contributed by atoms with Gasteiger partial charge in [-0.2, -0.15) is 0 Å². The van der Waals surface area contributed by atoms with Crippen molar-refractivity contribution in [1.29, 1.82) is 0 Å². The van der Waals surface area contributed by atoms with Crippen molar-refractivity contribution < 1.29 is 9.90 Å². The molecule has 3 aliphatic rings. The molecule has 0 unspecified atom stereocenters. The van der Waals surface area contributed by atoms with Gasteiger partial charge in [0, 0.05) is 17.3 Å². The Morgan fingerprint density at radius 1 is 1.28 bits per heavy atom. The number of rotatable bonds is 0. The highest BCUT2D eigenvalue weighted by Crippen LogP contribution is 2.61. The van der Waals surface area contributed by atoms with Crippen LogP contribution in [0.15, 0.2) is 22.8 Å². The lowest BCUT2D eigenvalue weighted by Gasteiger charge is -2.50. The summed E-state index contributed by atoms with van der Waals surface area (Å²) in [5, 5.41) is 10.3. The van der Waals surface area contributed by atoms with Crippen molar-refractivity contribution in [3.63, 3.8) is 0 Å². The maximum Gasteiger partial charge on any atom is 0.158 e. The van der Waals surface area contributed by atoms with Gasteiger partial charge in [-0.25, -0.2) is 0 Å². The van der Waals surface area contributed by atoms with Crippen LogP contribution in [0.2, 0.25) is 0 Å². The first-order valence-corrected chi connectivity index (χ1v) is 7.02. The lowest BCUT2D eigenvalue weighted by molar-refractivity contribution is -0.116. The standard InChI is InChI=1S/C16H22O2/c1-10-11-6-8-16(3)13(4-5-14(16)18)15(11,2)9-7-12(10)17/h4,14,18H,5-9H2,1-3H3/t14-,15+,16+/m0/s1. The summed E-state index contributed by atoms with van der Waals surface area (Å²) in [4.78, 5) is 11.9. The molecule has 2 heteroatoms. The smallest absolute Gasteiger partial charge is 0.158 e. The molecular formula is C16H22O2. The van der Waals surface area contributed by atoms with E-state index < -0.39 is 0 Å². The van der Waals surface area contributed by atoms with E-state index >= 15 is 0 Å². The summed E-state index contributed by atoms with van der Waals surface area (Å²) in [5.74, 6) is 0.324. The Bertz CT molecular complexity index is 485. The number of ketones is 1. The fourth-order valence-corrected chi connectivity index (χ4v) is 4.49. The second-order valence-electron chi connectivity index (χ2n) is 6.65. The zero-order valence-electron chi connectivity index (χ0n) is 11.5. The SMILES string of the molecule is CC1=C2CC[C@]3(C)C(=CC[C@@H]3O)[C@]2(C)CCC1=O. The summed E-state index contributed by atoms with van der Waals surface area (Å²) >= 11 is 0. The van der Waals surface area contributed by atoms with Crippen LogP contribution >= 0.6 is 0 Å². The van der Waals surface area contributed by atoms with E-state index in [1.165, 1.54) is 11.1 Å². The summed E-state index contributed by atoms with van der Waals surface area (Å²) in [6, 6.07) is 0. The molecule has 0 spiro atoms.